The van der Waals surface area contributed by atoms with E-state index in [1.807, 2.05) is 36.1 Å². The van der Waals surface area contributed by atoms with Gasteiger partial charge in [-0.1, -0.05) is 32.0 Å². The van der Waals surface area contributed by atoms with Gasteiger partial charge in [-0.05, 0) is 50.1 Å². The molecule has 2 aromatic rings. The lowest BCUT2D eigenvalue weighted by Gasteiger charge is -2.21. The number of para-hydroxylation sites is 2. The van der Waals surface area contributed by atoms with E-state index in [4.69, 9.17) is 9.47 Å². The molecule has 174 valence electrons. The second kappa shape index (κ2) is 14.1. The first-order valence-electron chi connectivity index (χ1n) is 11.3. The van der Waals surface area contributed by atoms with Crippen molar-refractivity contribution in [2.24, 2.45) is 0 Å². The Morgan fingerprint density at radius 3 is 2.41 bits per heavy atom. The zero-order valence-electron chi connectivity index (χ0n) is 19.4. The van der Waals surface area contributed by atoms with E-state index in [2.05, 4.69) is 24.5 Å². The van der Waals surface area contributed by atoms with Crippen molar-refractivity contribution in [2.45, 2.75) is 33.6 Å². The van der Waals surface area contributed by atoms with Gasteiger partial charge in [-0.15, -0.1) is 0 Å². The molecular weight excluding hydrogens is 406 g/mol. The van der Waals surface area contributed by atoms with Gasteiger partial charge in [0.1, 0.15) is 12.4 Å². The highest BCUT2D eigenvalue weighted by molar-refractivity contribution is 5.98. The number of ether oxygens (including phenoxy) is 2. The van der Waals surface area contributed by atoms with Gasteiger partial charge in [0.05, 0.1) is 18.8 Å². The maximum atomic E-state index is 12.8. The van der Waals surface area contributed by atoms with Crippen molar-refractivity contribution in [3.05, 3.63) is 54.1 Å². The molecule has 0 aromatic heterocycles. The van der Waals surface area contributed by atoms with Crippen LogP contribution in [0.2, 0.25) is 0 Å². The fraction of sp³-hybridized carbons (Fsp3) is 0.440. The van der Waals surface area contributed by atoms with Crippen LogP contribution in [0.4, 0.5) is 11.4 Å². The van der Waals surface area contributed by atoms with E-state index in [9.17, 15) is 9.59 Å². The van der Waals surface area contributed by atoms with E-state index in [0.717, 1.165) is 31.6 Å². The molecule has 0 saturated heterocycles. The van der Waals surface area contributed by atoms with Crippen LogP contribution in [0.1, 0.15) is 44.0 Å². The lowest BCUT2D eigenvalue weighted by atomic mass is 10.1. The van der Waals surface area contributed by atoms with Gasteiger partial charge in [0, 0.05) is 30.9 Å². The first-order chi connectivity index (χ1) is 15.6. The molecule has 0 spiro atoms. The standard InChI is InChI=1S/C25H35N3O4/c1-4-14-28(15-5-2)25(30)20-10-9-11-21(18-20)27-24(29)19-26-22-12-7-8-13-23(22)32-17-16-31-6-3/h7-13,18,26H,4-6,14-17,19H2,1-3H3,(H,27,29). The average Bonchev–Trinajstić information content (AvgIpc) is 2.80. The van der Waals surface area contributed by atoms with Gasteiger partial charge in [-0.25, -0.2) is 0 Å². The third-order valence-corrected chi connectivity index (χ3v) is 4.68. The van der Waals surface area contributed by atoms with Crippen molar-refractivity contribution in [1.29, 1.82) is 0 Å². The fourth-order valence-electron chi connectivity index (χ4n) is 3.24. The molecule has 2 N–H and O–H groups in total. The smallest absolute Gasteiger partial charge is 0.253 e. The molecule has 2 aromatic carbocycles. The summed E-state index contributed by atoms with van der Waals surface area (Å²) in [6.45, 7) is 9.16. The highest BCUT2D eigenvalue weighted by Gasteiger charge is 2.15. The summed E-state index contributed by atoms with van der Waals surface area (Å²) < 4.78 is 11.0. The topological polar surface area (TPSA) is 79.9 Å². The Kier molecular flexibility index (Phi) is 11.1. The van der Waals surface area contributed by atoms with Crippen molar-refractivity contribution in [3.63, 3.8) is 0 Å². The SMILES string of the molecule is CCCN(CCC)C(=O)c1cccc(NC(=O)CNc2ccccc2OCCOCC)c1. The first-order valence-corrected chi connectivity index (χ1v) is 11.3. The van der Waals surface area contributed by atoms with E-state index >= 15 is 0 Å². The largest absolute Gasteiger partial charge is 0.489 e. The van der Waals surface area contributed by atoms with Crippen LogP contribution in [0.5, 0.6) is 5.75 Å². The Balaban J connectivity index is 1.94. The van der Waals surface area contributed by atoms with Crippen LogP contribution in [0, 0.1) is 0 Å². The molecule has 2 amide bonds. The summed E-state index contributed by atoms with van der Waals surface area (Å²) in [6.07, 6.45) is 1.81. The van der Waals surface area contributed by atoms with E-state index in [-0.39, 0.29) is 18.4 Å². The Bertz CT molecular complexity index is 851. The van der Waals surface area contributed by atoms with Crippen LogP contribution in [-0.4, -0.2) is 56.2 Å². The molecule has 0 fully saturated rings. The molecule has 7 nitrogen and oxygen atoms in total. The number of benzene rings is 2. The van der Waals surface area contributed by atoms with Crippen molar-refractivity contribution in [2.75, 3.05) is 50.1 Å². The monoisotopic (exact) mass is 441 g/mol. The molecular formula is C25H35N3O4. The van der Waals surface area contributed by atoms with Crippen molar-refractivity contribution >= 4 is 23.2 Å². The minimum atomic E-state index is -0.210. The highest BCUT2D eigenvalue weighted by Crippen LogP contribution is 2.23. The maximum absolute atomic E-state index is 12.8. The lowest BCUT2D eigenvalue weighted by molar-refractivity contribution is -0.114. The van der Waals surface area contributed by atoms with Gasteiger partial charge < -0.3 is 25.0 Å². The van der Waals surface area contributed by atoms with Crippen LogP contribution >= 0.6 is 0 Å². The molecule has 0 heterocycles. The molecule has 7 heteroatoms. The summed E-state index contributed by atoms with van der Waals surface area (Å²) in [5.74, 6) is 0.443. The maximum Gasteiger partial charge on any atom is 0.253 e. The van der Waals surface area contributed by atoms with Crippen LogP contribution in [-0.2, 0) is 9.53 Å². The number of rotatable bonds is 14. The zero-order valence-corrected chi connectivity index (χ0v) is 19.4. The molecule has 0 aliphatic carbocycles. The molecule has 0 aliphatic heterocycles. The van der Waals surface area contributed by atoms with E-state index < -0.39 is 0 Å². The Hall–Kier alpha value is -3.06. The minimum Gasteiger partial charge on any atom is -0.489 e. The number of hydrogen-bond donors (Lipinski definition) is 2. The molecule has 32 heavy (non-hydrogen) atoms. The predicted molar refractivity (Wildman–Crippen MR) is 128 cm³/mol. The second-order valence-corrected chi connectivity index (χ2v) is 7.32. The quantitative estimate of drug-likeness (QED) is 0.425. The molecule has 0 atom stereocenters. The third kappa shape index (κ3) is 8.23. The molecule has 2 rings (SSSR count). The van der Waals surface area contributed by atoms with Gasteiger partial charge in [-0.2, -0.15) is 0 Å². The van der Waals surface area contributed by atoms with Gasteiger partial charge in [0.2, 0.25) is 5.91 Å². The number of carbonyl (C=O) groups is 2. The summed E-state index contributed by atoms with van der Waals surface area (Å²) in [5.41, 5.74) is 1.90. The van der Waals surface area contributed by atoms with Crippen molar-refractivity contribution < 1.29 is 19.1 Å². The van der Waals surface area contributed by atoms with Gasteiger partial charge >= 0.3 is 0 Å². The number of hydrogen-bond acceptors (Lipinski definition) is 5. The summed E-state index contributed by atoms with van der Waals surface area (Å²) in [6, 6.07) is 14.5. The second-order valence-electron chi connectivity index (χ2n) is 7.32. The first kappa shape index (κ1) is 25.2. The zero-order chi connectivity index (χ0) is 23.2. The summed E-state index contributed by atoms with van der Waals surface area (Å²) in [4.78, 5) is 27.2. The minimum absolute atomic E-state index is 0.0129. The molecule has 0 unspecified atom stereocenters. The van der Waals surface area contributed by atoms with Crippen LogP contribution < -0.4 is 15.4 Å². The van der Waals surface area contributed by atoms with Crippen molar-refractivity contribution in [1.82, 2.24) is 4.90 Å². The predicted octanol–water partition coefficient (Wildman–Crippen LogP) is 4.41. The number of anilines is 2. The third-order valence-electron chi connectivity index (χ3n) is 4.68. The molecule has 0 radical (unpaired) electrons. The van der Waals surface area contributed by atoms with Crippen LogP contribution in [0.15, 0.2) is 48.5 Å². The van der Waals surface area contributed by atoms with Crippen LogP contribution in [0.25, 0.3) is 0 Å². The number of nitrogens with one attached hydrogen (secondary N) is 2. The summed E-state index contributed by atoms with van der Waals surface area (Å²) >= 11 is 0. The molecule has 0 aliphatic rings. The van der Waals surface area contributed by atoms with Crippen molar-refractivity contribution in [3.8, 4) is 5.75 Å². The summed E-state index contributed by atoms with van der Waals surface area (Å²) in [7, 11) is 0. The fourth-order valence-corrected chi connectivity index (χ4v) is 3.24. The van der Waals surface area contributed by atoms with E-state index in [1.54, 1.807) is 24.3 Å². The Morgan fingerprint density at radius 2 is 1.69 bits per heavy atom. The number of carbonyl (C=O) groups excluding carboxylic acids is 2. The average molecular weight is 442 g/mol. The Morgan fingerprint density at radius 1 is 0.938 bits per heavy atom. The number of nitrogens with zero attached hydrogens (tertiary/aromatic N) is 1. The van der Waals surface area contributed by atoms with Crippen LogP contribution in [0.3, 0.4) is 0 Å². The van der Waals surface area contributed by atoms with E-state index in [0.29, 0.717) is 36.8 Å². The van der Waals surface area contributed by atoms with E-state index in [1.165, 1.54) is 0 Å². The highest BCUT2D eigenvalue weighted by atomic mass is 16.5. The summed E-state index contributed by atoms with van der Waals surface area (Å²) in [5, 5.41) is 5.97. The van der Waals surface area contributed by atoms with Gasteiger partial charge in [-0.3, -0.25) is 9.59 Å². The van der Waals surface area contributed by atoms with Gasteiger partial charge in [0.15, 0.2) is 0 Å². The Labute approximate surface area is 191 Å². The molecule has 0 bridgehead atoms. The van der Waals surface area contributed by atoms with Gasteiger partial charge in [0.25, 0.3) is 5.91 Å². The lowest BCUT2D eigenvalue weighted by Crippen LogP contribution is -2.32. The normalized spacial score (nSPS) is 10.5. The number of amides is 2. The molecule has 0 saturated carbocycles.